The van der Waals surface area contributed by atoms with Crippen molar-refractivity contribution in [2.75, 3.05) is 20.3 Å². The Hall–Kier alpha value is -2.67. The lowest BCUT2D eigenvalue weighted by Gasteiger charge is -2.39. The summed E-state index contributed by atoms with van der Waals surface area (Å²) in [6, 6.07) is 9.03. The first-order valence-electron chi connectivity index (χ1n) is 8.23. The van der Waals surface area contributed by atoms with E-state index in [2.05, 4.69) is 5.10 Å². The van der Waals surface area contributed by atoms with E-state index in [0.717, 1.165) is 11.3 Å². The van der Waals surface area contributed by atoms with Crippen LogP contribution >= 0.6 is 0 Å². The first-order valence-corrected chi connectivity index (χ1v) is 8.23. The average molecular weight is 343 g/mol. The number of aromatic nitrogens is 2. The number of para-hydroxylation sites is 1. The molecule has 2 aromatic rings. The first kappa shape index (κ1) is 17.2. The van der Waals surface area contributed by atoms with E-state index in [4.69, 9.17) is 4.74 Å². The van der Waals surface area contributed by atoms with Gasteiger partial charge in [-0.25, -0.2) is 4.68 Å². The van der Waals surface area contributed by atoms with Gasteiger partial charge in [-0.1, -0.05) is 18.2 Å². The third kappa shape index (κ3) is 3.56. The van der Waals surface area contributed by atoms with Crippen LogP contribution in [0.5, 0.6) is 0 Å². The fraction of sp³-hybridized carbons (Fsp3) is 0.389. The van der Waals surface area contributed by atoms with Crippen molar-refractivity contribution in [1.29, 1.82) is 0 Å². The molecule has 1 aliphatic heterocycles. The molecule has 1 aromatic carbocycles. The molecule has 1 N–H and O–H groups in total. The number of hydrogen-bond donors (Lipinski definition) is 1. The van der Waals surface area contributed by atoms with Crippen LogP contribution in [0, 0.1) is 5.92 Å². The number of carbonyl (C=O) groups is 2. The zero-order valence-corrected chi connectivity index (χ0v) is 14.0. The number of rotatable bonds is 6. The molecule has 0 aliphatic carbocycles. The summed E-state index contributed by atoms with van der Waals surface area (Å²) in [7, 11) is 1.56. The average Bonchev–Trinajstić information content (AvgIpc) is 3.10. The van der Waals surface area contributed by atoms with Crippen LogP contribution in [0.15, 0.2) is 42.7 Å². The van der Waals surface area contributed by atoms with Gasteiger partial charge < -0.3 is 14.7 Å². The van der Waals surface area contributed by atoms with E-state index in [-0.39, 0.29) is 12.3 Å². The van der Waals surface area contributed by atoms with Crippen molar-refractivity contribution in [3.05, 3.63) is 48.3 Å². The second-order valence-electron chi connectivity index (χ2n) is 6.06. The molecule has 1 aliphatic rings. The highest BCUT2D eigenvalue weighted by molar-refractivity contribution is 5.81. The molecule has 0 bridgehead atoms. The number of amides is 1. The van der Waals surface area contributed by atoms with Crippen molar-refractivity contribution in [1.82, 2.24) is 14.7 Å². The van der Waals surface area contributed by atoms with Crippen molar-refractivity contribution in [3.63, 3.8) is 0 Å². The lowest BCUT2D eigenvalue weighted by Crippen LogP contribution is -2.46. The minimum atomic E-state index is -0.896. The van der Waals surface area contributed by atoms with Crippen LogP contribution in [0.3, 0.4) is 0 Å². The van der Waals surface area contributed by atoms with Crippen molar-refractivity contribution >= 4 is 11.9 Å². The number of methoxy groups -OCH3 is 1. The number of benzene rings is 1. The number of nitrogens with zero attached hydrogens (tertiary/aromatic N) is 3. The molecular weight excluding hydrogens is 322 g/mol. The molecule has 2 heterocycles. The van der Waals surface area contributed by atoms with Gasteiger partial charge in [0.1, 0.15) is 0 Å². The summed E-state index contributed by atoms with van der Waals surface area (Å²) in [5.74, 6) is -1.60. The van der Waals surface area contributed by atoms with Crippen molar-refractivity contribution in [3.8, 4) is 5.69 Å². The van der Waals surface area contributed by atoms with Crippen LogP contribution in [-0.2, 0) is 14.3 Å². The number of aliphatic carboxylic acids is 1. The second kappa shape index (κ2) is 7.48. The molecule has 7 nitrogen and oxygen atoms in total. The Labute approximate surface area is 145 Å². The highest BCUT2D eigenvalue weighted by atomic mass is 16.5. The molecule has 7 heteroatoms. The molecule has 0 radical (unpaired) electrons. The fourth-order valence-electron chi connectivity index (χ4n) is 3.29. The molecule has 1 saturated heterocycles. The third-order valence-electron chi connectivity index (χ3n) is 4.52. The molecule has 0 spiro atoms. The summed E-state index contributed by atoms with van der Waals surface area (Å²) in [4.78, 5) is 25.7. The quantitative estimate of drug-likeness (QED) is 0.866. The second-order valence-corrected chi connectivity index (χ2v) is 6.06. The Morgan fingerprint density at radius 3 is 2.80 bits per heavy atom. The number of piperidine rings is 1. The Kier molecular flexibility index (Phi) is 5.14. The number of carboxylic acid groups (broad SMARTS) is 1. The van der Waals surface area contributed by atoms with E-state index in [1.54, 1.807) is 29.1 Å². The van der Waals surface area contributed by atoms with E-state index in [1.165, 1.54) is 0 Å². The van der Waals surface area contributed by atoms with Gasteiger partial charge in [-0.05, 0) is 18.6 Å². The van der Waals surface area contributed by atoms with Gasteiger partial charge in [0, 0.05) is 31.8 Å². The maximum absolute atomic E-state index is 12.4. The van der Waals surface area contributed by atoms with Gasteiger partial charge in [0.05, 0.1) is 30.5 Å². The standard InChI is InChI=1S/C18H21N3O4/c1-25-10-9-20-16(22)8-7-15(18(23)24)17(20)13-11-19-21(12-13)14-5-3-2-4-6-14/h2-6,11-12,15,17H,7-10H2,1H3,(H,23,24)/t15-,17+/m1/s1. The SMILES string of the molecule is COCCN1C(=O)CC[C@@H](C(=O)O)[C@@H]1c1cnn(-c2ccccc2)c1. The van der Waals surface area contributed by atoms with Gasteiger partial charge in [0.2, 0.25) is 5.91 Å². The monoisotopic (exact) mass is 343 g/mol. The number of carbonyl (C=O) groups excluding carboxylic acids is 1. The van der Waals surface area contributed by atoms with Crippen LogP contribution in [-0.4, -0.2) is 51.9 Å². The third-order valence-corrected chi connectivity index (χ3v) is 4.52. The maximum atomic E-state index is 12.4. The summed E-state index contributed by atoms with van der Waals surface area (Å²) >= 11 is 0. The number of carboxylic acids is 1. The molecule has 132 valence electrons. The predicted octanol–water partition coefficient (Wildman–Crippen LogP) is 1.88. The van der Waals surface area contributed by atoms with Crippen molar-refractivity contribution < 1.29 is 19.4 Å². The zero-order valence-electron chi connectivity index (χ0n) is 14.0. The molecule has 2 atom stereocenters. The van der Waals surface area contributed by atoms with Gasteiger partial charge in [0.15, 0.2) is 0 Å². The van der Waals surface area contributed by atoms with Crippen LogP contribution in [0.2, 0.25) is 0 Å². The zero-order chi connectivity index (χ0) is 17.8. The summed E-state index contributed by atoms with van der Waals surface area (Å²) < 4.78 is 6.78. The van der Waals surface area contributed by atoms with Gasteiger partial charge in [-0.15, -0.1) is 0 Å². The molecule has 1 amide bonds. The van der Waals surface area contributed by atoms with Gasteiger partial charge in [-0.3, -0.25) is 9.59 Å². The highest BCUT2D eigenvalue weighted by Crippen LogP contribution is 2.36. The smallest absolute Gasteiger partial charge is 0.308 e. The summed E-state index contributed by atoms with van der Waals surface area (Å²) in [6.45, 7) is 0.724. The molecular formula is C18H21N3O4. The van der Waals surface area contributed by atoms with E-state index in [9.17, 15) is 14.7 Å². The van der Waals surface area contributed by atoms with E-state index in [1.807, 2.05) is 30.3 Å². The van der Waals surface area contributed by atoms with E-state index in [0.29, 0.717) is 19.6 Å². The maximum Gasteiger partial charge on any atom is 0.308 e. The number of ether oxygens (including phenoxy) is 1. The van der Waals surface area contributed by atoms with Crippen LogP contribution < -0.4 is 0 Å². The van der Waals surface area contributed by atoms with E-state index < -0.39 is 17.9 Å². The summed E-state index contributed by atoms with van der Waals surface area (Å²) in [5, 5.41) is 14.0. The Bertz CT molecular complexity index is 744. The van der Waals surface area contributed by atoms with Gasteiger partial charge in [0.25, 0.3) is 0 Å². The van der Waals surface area contributed by atoms with Crippen molar-refractivity contribution in [2.24, 2.45) is 5.92 Å². The van der Waals surface area contributed by atoms with Crippen molar-refractivity contribution in [2.45, 2.75) is 18.9 Å². The molecule has 0 saturated carbocycles. The Morgan fingerprint density at radius 2 is 2.12 bits per heavy atom. The molecule has 3 rings (SSSR count). The van der Waals surface area contributed by atoms with Gasteiger partial charge >= 0.3 is 5.97 Å². The highest BCUT2D eigenvalue weighted by Gasteiger charge is 2.41. The topological polar surface area (TPSA) is 84.7 Å². The first-order chi connectivity index (χ1) is 12.1. The minimum Gasteiger partial charge on any atom is -0.481 e. The number of likely N-dealkylation sites (tertiary alicyclic amines) is 1. The fourth-order valence-corrected chi connectivity index (χ4v) is 3.29. The summed E-state index contributed by atoms with van der Waals surface area (Å²) in [6.07, 6.45) is 4.02. The van der Waals surface area contributed by atoms with E-state index >= 15 is 0 Å². The van der Waals surface area contributed by atoms with Crippen LogP contribution in [0.1, 0.15) is 24.4 Å². The summed E-state index contributed by atoms with van der Waals surface area (Å²) in [5.41, 5.74) is 1.60. The predicted molar refractivity (Wildman–Crippen MR) is 90.3 cm³/mol. The van der Waals surface area contributed by atoms with Crippen LogP contribution in [0.25, 0.3) is 5.69 Å². The normalized spacial score (nSPS) is 20.7. The molecule has 1 fully saturated rings. The van der Waals surface area contributed by atoms with Gasteiger partial charge in [-0.2, -0.15) is 5.10 Å². The lowest BCUT2D eigenvalue weighted by atomic mass is 9.85. The molecule has 25 heavy (non-hydrogen) atoms. The Morgan fingerprint density at radius 1 is 1.36 bits per heavy atom. The molecule has 1 aromatic heterocycles. The molecule has 0 unspecified atom stereocenters. The largest absolute Gasteiger partial charge is 0.481 e. The Balaban J connectivity index is 1.95. The van der Waals surface area contributed by atoms with Crippen LogP contribution in [0.4, 0.5) is 0 Å². The minimum absolute atomic E-state index is 0.0491. The lowest BCUT2D eigenvalue weighted by molar-refractivity contribution is -0.152. The number of hydrogen-bond acceptors (Lipinski definition) is 4.